The highest BCUT2D eigenvalue weighted by Gasteiger charge is 2.30. The number of piperidine rings is 1. The molecule has 5 rings (SSSR count). The number of carbonyl (C=O) groups is 1. The van der Waals surface area contributed by atoms with Gasteiger partial charge in [0.25, 0.3) is 0 Å². The molecule has 1 atom stereocenters. The summed E-state index contributed by atoms with van der Waals surface area (Å²) in [7, 11) is 0. The number of anilines is 1. The van der Waals surface area contributed by atoms with Crippen molar-refractivity contribution in [2.24, 2.45) is 5.92 Å². The van der Waals surface area contributed by atoms with Gasteiger partial charge in [-0.05, 0) is 49.9 Å². The lowest BCUT2D eigenvalue weighted by molar-refractivity contribution is -0.125. The number of imidazole rings is 1. The molecule has 1 saturated carbocycles. The van der Waals surface area contributed by atoms with Gasteiger partial charge in [-0.3, -0.25) is 4.79 Å². The minimum Gasteiger partial charge on any atom is -0.467 e. The number of benzene rings is 1. The van der Waals surface area contributed by atoms with Crippen LogP contribution in [0.3, 0.4) is 0 Å². The van der Waals surface area contributed by atoms with E-state index in [-0.39, 0.29) is 11.8 Å². The zero-order valence-corrected chi connectivity index (χ0v) is 17.4. The first-order valence-corrected chi connectivity index (χ1v) is 11.3. The Morgan fingerprint density at radius 2 is 1.93 bits per heavy atom. The molecule has 2 aromatic heterocycles. The van der Waals surface area contributed by atoms with Crippen molar-refractivity contribution in [1.82, 2.24) is 14.9 Å². The molecule has 1 amide bonds. The molecule has 2 aliphatic rings. The predicted octanol–water partition coefficient (Wildman–Crippen LogP) is 4.67. The number of nitrogens with zero attached hydrogens (tertiary/aromatic N) is 3. The van der Waals surface area contributed by atoms with Crippen LogP contribution in [-0.4, -0.2) is 28.5 Å². The Balaban J connectivity index is 1.37. The molecule has 2 fully saturated rings. The summed E-state index contributed by atoms with van der Waals surface area (Å²) in [5.74, 6) is 1.92. The van der Waals surface area contributed by atoms with Gasteiger partial charge in [0.15, 0.2) is 0 Å². The van der Waals surface area contributed by atoms with Crippen molar-refractivity contribution in [3.8, 4) is 0 Å². The Morgan fingerprint density at radius 1 is 1.07 bits per heavy atom. The second-order valence-corrected chi connectivity index (χ2v) is 8.64. The maximum absolute atomic E-state index is 12.8. The summed E-state index contributed by atoms with van der Waals surface area (Å²) in [6, 6.07) is 12.7. The Hall–Kier alpha value is -2.76. The van der Waals surface area contributed by atoms with Crippen LogP contribution < -0.4 is 10.2 Å². The quantitative estimate of drug-likeness (QED) is 0.669. The normalized spacial score (nSPS) is 20.5. The molecule has 30 heavy (non-hydrogen) atoms. The number of carbonyl (C=O) groups excluding carboxylic acids is 1. The van der Waals surface area contributed by atoms with E-state index in [1.54, 1.807) is 6.26 Å². The van der Waals surface area contributed by atoms with Crippen molar-refractivity contribution >= 4 is 22.9 Å². The summed E-state index contributed by atoms with van der Waals surface area (Å²) < 4.78 is 7.81. The third-order valence-corrected chi connectivity index (χ3v) is 6.61. The lowest BCUT2D eigenvalue weighted by Crippen LogP contribution is -2.44. The highest BCUT2D eigenvalue weighted by Crippen LogP contribution is 2.36. The molecule has 0 radical (unpaired) electrons. The molecule has 6 nitrogen and oxygen atoms in total. The molecule has 1 aliphatic carbocycles. The molecule has 0 bridgehead atoms. The first-order chi connectivity index (χ1) is 14.8. The van der Waals surface area contributed by atoms with Gasteiger partial charge in [0.1, 0.15) is 5.76 Å². The third kappa shape index (κ3) is 3.83. The standard InChI is InChI=1S/C24H30N4O2/c29-23(25-16-20-11-7-15-30-20)18-8-6-14-27(17-18)24-26-21-12-4-5-13-22(21)28(24)19-9-2-1-3-10-19/h4-5,7,11-13,15,18-19H,1-3,6,8-10,14,16-17H2,(H,25,29). The van der Waals surface area contributed by atoms with E-state index in [0.29, 0.717) is 12.6 Å². The van der Waals surface area contributed by atoms with Crippen molar-refractivity contribution in [2.45, 2.75) is 57.5 Å². The fourth-order valence-corrected chi connectivity index (χ4v) is 5.06. The van der Waals surface area contributed by atoms with Crippen LogP contribution in [0.5, 0.6) is 0 Å². The number of furan rings is 1. The van der Waals surface area contributed by atoms with E-state index in [1.165, 1.54) is 37.6 Å². The van der Waals surface area contributed by atoms with Crippen LogP contribution in [0.25, 0.3) is 11.0 Å². The van der Waals surface area contributed by atoms with Gasteiger partial charge in [-0.15, -0.1) is 0 Å². The molecule has 0 spiro atoms. The van der Waals surface area contributed by atoms with Crippen LogP contribution in [0.15, 0.2) is 47.1 Å². The number of hydrogen-bond donors (Lipinski definition) is 1. The van der Waals surface area contributed by atoms with Gasteiger partial charge in [0, 0.05) is 19.1 Å². The summed E-state index contributed by atoms with van der Waals surface area (Å²) in [6.45, 7) is 2.13. The lowest BCUT2D eigenvalue weighted by atomic mass is 9.95. The van der Waals surface area contributed by atoms with Gasteiger partial charge >= 0.3 is 0 Å². The van der Waals surface area contributed by atoms with Crippen LogP contribution in [0.1, 0.15) is 56.7 Å². The molecule has 1 aromatic carbocycles. The molecule has 3 aromatic rings. The van der Waals surface area contributed by atoms with Gasteiger partial charge in [-0.2, -0.15) is 0 Å². The molecule has 1 unspecified atom stereocenters. The zero-order chi connectivity index (χ0) is 20.3. The Labute approximate surface area is 177 Å². The number of nitrogens with one attached hydrogen (secondary N) is 1. The van der Waals surface area contributed by atoms with E-state index >= 15 is 0 Å². The first kappa shape index (κ1) is 19.2. The molecule has 1 aliphatic heterocycles. The number of fused-ring (bicyclic) bond motifs is 1. The zero-order valence-electron chi connectivity index (χ0n) is 17.4. The third-order valence-electron chi connectivity index (χ3n) is 6.61. The van der Waals surface area contributed by atoms with Crippen molar-refractivity contribution in [2.75, 3.05) is 18.0 Å². The van der Waals surface area contributed by atoms with Crippen molar-refractivity contribution in [3.05, 3.63) is 48.4 Å². The van der Waals surface area contributed by atoms with E-state index in [0.717, 1.165) is 43.2 Å². The van der Waals surface area contributed by atoms with E-state index in [2.05, 4.69) is 39.0 Å². The maximum atomic E-state index is 12.8. The van der Waals surface area contributed by atoms with E-state index in [4.69, 9.17) is 9.40 Å². The van der Waals surface area contributed by atoms with Gasteiger partial charge in [-0.1, -0.05) is 31.4 Å². The number of amides is 1. The second kappa shape index (κ2) is 8.54. The maximum Gasteiger partial charge on any atom is 0.225 e. The average molecular weight is 407 g/mol. The fraction of sp³-hybridized carbons (Fsp3) is 0.500. The smallest absolute Gasteiger partial charge is 0.225 e. The average Bonchev–Trinajstić information content (AvgIpc) is 3.46. The Kier molecular flexibility index (Phi) is 5.47. The fourth-order valence-electron chi connectivity index (χ4n) is 5.06. The van der Waals surface area contributed by atoms with Crippen LogP contribution in [0.2, 0.25) is 0 Å². The largest absolute Gasteiger partial charge is 0.467 e. The number of aromatic nitrogens is 2. The van der Waals surface area contributed by atoms with E-state index in [1.807, 2.05) is 12.1 Å². The molecular formula is C24H30N4O2. The molecule has 6 heteroatoms. The molecule has 1 saturated heterocycles. The summed E-state index contributed by atoms with van der Waals surface area (Å²) in [4.78, 5) is 20.2. The Morgan fingerprint density at radius 3 is 2.77 bits per heavy atom. The van der Waals surface area contributed by atoms with E-state index in [9.17, 15) is 4.79 Å². The first-order valence-electron chi connectivity index (χ1n) is 11.3. The Bertz CT molecular complexity index is 988. The van der Waals surface area contributed by atoms with Crippen LogP contribution in [0, 0.1) is 5.92 Å². The van der Waals surface area contributed by atoms with Crippen molar-refractivity contribution in [3.63, 3.8) is 0 Å². The van der Waals surface area contributed by atoms with Crippen LogP contribution in [0.4, 0.5) is 5.95 Å². The number of rotatable bonds is 5. The van der Waals surface area contributed by atoms with Gasteiger partial charge in [0.2, 0.25) is 11.9 Å². The summed E-state index contributed by atoms with van der Waals surface area (Å²) >= 11 is 0. The molecule has 1 N–H and O–H groups in total. The summed E-state index contributed by atoms with van der Waals surface area (Å²) in [6.07, 6.45) is 9.90. The lowest BCUT2D eigenvalue weighted by Gasteiger charge is -2.35. The SMILES string of the molecule is O=C(NCc1ccco1)C1CCCN(c2nc3ccccc3n2C2CCCCC2)C1. The van der Waals surface area contributed by atoms with Crippen molar-refractivity contribution in [1.29, 1.82) is 0 Å². The topological polar surface area (TPSA) is 63.3 Å². The van der Waals surface area contributed by atoms with Gasteiger partial charge in [0.05, 0.1) is 29.8 Å². The minimum absolute atomic E-state index is 0.0201. The molecule has 158 valence electrons. The summed E-state index contributed by atoms with van der Waals surface area (Å²) in [5, 5.41) is 3.04. The number of hydrogen-bond acceptors (Lipinski definition) is 4. The van der Waals surface area contributed by atoms with Gasteiger partial charge in [-0.25, -0.2) is 4.98 Å². The molecule has 3 heterocycles. The van der Waals surface area contributed by atoms with Crippen molar-refractivity contribution < 1.29 is 9.21 Å². The van der Waals surface area contributed by atoms with E-state index < -0.39 is 0 Å². The molecular weight excluding hydrogens is 376 g/mol. The van der Waals surface area contributed by atoms with Crippen LogP contribution in [-0.2, 0) is 11.3 Å². The summed E-state index contributed by atoms with van der Waals surface area (Å²) in [5.41, 5.74) is 2.28. The van der Waals surface area contributed by atoms with Gasteiger partial charge < -0.3 is 19.2 Å². The number of para-hydroxylation sites is 2. The highest BCUT2D eigenvalue weighted by molar-refractivity contribution is 5.81. The highest BCUT2D eigenvalue weighted by atomic mass is 16.3. The minimum atomic E-state index is -0.0201. The van der Waals surface area contributed by atoms with Crippen LogP contribution >= 0.6 is 0 Å². The second-order valence-electron chi connectivity index (χ2n) is 8.64. The monoisotopic (exact) mass is 406 g/mol. The predicted molar refractivity (Wildman–Crippen MR) is 117 cm³/mol.